The molecule has 3 unspecified atom stereocenters. The lowest BCUT2D eigenvalue weighted by Crippen LogP contribution is -2.05. The smallest absolute Gasteiger partial charge is 0.166 e. The Morgan fingerprint density at radius 1 is 1.19 bits per heavy atom. The Kier molecular flexibility index (Phi) is 2.75. The molecular weight excluding hydrogens is 263 g/mol. The molecule has 0 bridgehead atoms. The summed E-state index contributed by atoms with van der Waals surface area (Å²) in [6.07, 6.45) is 2.13. The molecule has 2 aromatic rings. The van der Waals surface area contributed by atoms with Gasteiger partial charge < -0.3 is 0 Å². The third-order valence-corrected chi connectivity index (χ3v) is 5.09. The summed E-state index contributed by atoms with van der Waals surface area (Å²) in [7, 11) is 0. The molecular formula is C19H17FO. The number of Topliss-reactive ketones (excluding diaryl/α,β-unsaturated/α-hetero) is 1. The van der Waals surface area contributed by atoms with Gasteiger partial charge in [0.2, 0.25) is 0 Å². The zero-order chi connectivity index (χ0) is 14.6. The zero-order valence-corrected chi connectivity index (χ0v) is 12.0. The summed E-state index contributed by atoms with van der Waals surface area (Å²) in [5, 5.41) is 0. The molecule has 0 aliphatic heterocycles. The first-order valence-corrected chi connectivity index (χ1v) is 7.55. The standard InChI is InChI=1S/C19H17FO/c1-11-6-7-13(10-16(11)20)19(21)18-15-9-8-12-4-2-3-5-14(12)17(15)18/h2-7,10,15,17-18H,8-9H2,1H3. The number of carbonyl (C=O) groups excluding carboxylic acids is 1. The van der Waals surface area contributed by atoms with E-state index in [4.69, 9.17) is 0 Å². The number of fused-ring (bicyclic) bond motifs is 3. The first-order chi connectivity index (χ1) is 10.2. The monoisotopic (exact) mass is 280 g/mol. The van der Waals surface area contributed by atoms with Crippen LogP contribution in [0.5, 0.6) is 0 Å². The van der Waals surface area contributed by atoms with Gasteiger partial charge in [0.15, 0.2) is 5.78 Å². The van der Waals surface area contributed by atoms with Gasteiger partial charge in [-0.1, -0.05) is 36.4 Å². The molecule has 1 fully saturated rings. The quantitative estimate of drug-likeness (QED) is 0.750. The maximum absolute atomic E-state index is 13.7. The van der Waals surface area contributed by atoms with Crippen molar-refractivity contribution in [2.24, 2.45) is 11.8 Å². The molecule has 4 rings (SSSR count). The van der Waals surface area contributed by atoms with Gasteiger partial charge in [-0.3, -0.25) is 4.79 Å². The maximum atomic E-state index is 13.7. The van der Waals surface area contributed by atoms with E-state index in [0.717, 1.165) is 12.8 Å². The highest BCUT2D eigenvalue weighted by atomic mass is 19.1. The van der Waals surface area contributed by atoms with Gasteiger partial charge in [-0.15, -0.1) is 0 Å². The maximum Gasteiger partial charge on any atom is 0.166 e. The molecule has 3 atom stereocenters. The highest BCUT2D eigenvalue weighted by Gasteiger charge is 2.56. The van der Waals surface area contributed by atoms with E-state index < -0.39 is 0 Å². The molecule has 0 saturated heterocycles. The van der Waals surface area contributed by atoms with Gasteiger partial charge in [-0.2, -0.15) is 0 Å². The fourth-order valence-electron chi connectivity index (χ4n) is 3.86. The van der Waals surface area contributed by atoms with Crippen LogP contribution in [0.1, 0.15) is 39.4 Å². The van der Waals surface area contributed by atoms with Crippen molar-refractivity contribution >= 4 is 5.78 Å². The number of benzene rings is 2. The van der Waals surface area contributed by atoms with Crippen LogP contribution in [0, 0.1) is 24.6 Å². The lowest BCUT2D eigenvalue weighted by Gasteiger charge is -2.13. The molecule has 2 aliphatic rings. The van der Waals surface area contributed by atoms with Gasteiger partial charge in [-0.05, 0) is 54.4 Å². The van der Waals surface area contributed by atoms with Gasteiger partial charge in [0.1, 0.15) is 5.82 Å². The molecule has 2 aromatic carbocycles. The van der Waals surface area contributed by atoms with E-state index in [2.05, 4.69) is 18.2 Å². The topological polar surface area (TPSA) is 17.1 Å². The van der Waals surface area contributed by atoms with Crippen LogP contribution in [-0.2, 0) is 6.42 Å². The Bertz CT molecular complexity index is 734. The first kappa shape index (κ1) is 12.8. The van der Waals surface area contributed by atoms with E-state index in [1.807, 2.05) is 6.07 Å². The van der Waals surface area contributed by atoms with Crippen molar-refractivity contribution in [1.29, 1.82) is 0 Å². The molecule has 0 radical (unpaired) electrons. The molecule has 0 amide bonds. The minimum atomic E-state index is -0.287. The largest absolute Gasteiger partial charge is 0.294 e. The number of ketones is 1. The molecule has 106 valence electrons. The van der Waals surface area contributed by atoms with E-state index in [1.54, 1.807) is 19.1 Å². The van der Waals surface area contributed by atoms with Gasteiger partial charge >= 0.3 is 0 Å². The second kappa shape index (κ2) is 4.52. The van der Waals surface area contributed by atoms with E-state index in [1.165, 1.54) is 17.2 Å². The summed E-state index contributed by atoms with van der Waals surface area (Å²) in [6.45, 7) is 1.72. The number of hydrogen-bond acceptors (Lipinski definition) is 1. The van der Waals surface area contributed by atoms with Crippen molar-refractivity contribution in [3.63, 3.8) is 0 Å². The van der Waals surface area contributed by atoms with Crippen LogP contribution >= 0.6 is 0 Å². The molecule has 2 heteroatoms. The van der Waals surface area contributed by atoms with E-state index >= 15 is 0 Å². The number of carbonyl (C=O) groups is 1. The second-order valence-electron chi connectivity index (χ2n) is 6.28. The molecule has 1 nitrogen and oxygen atoms in total. The van der Waals surface area contributed by atoms with Gasteiger partial charge in [0.25, 0.3) is 0 Å². The minimum Gasteiger partial charge on any atom is -0.294 e. The van der Waals surface area contributed by atoms with Crippen molar-refractivity contribution in [3.05, 3.63) is 70.5 Å². The fraction of sp³-hybridized carbons (Fsp3) is 0.316. The van der Waals surface area contributed by atoms with Crippen molar-refractivity contribution < 1.29 is 9.18 Å². The van der Waals surface area contributed by atoms with Crippen LogP contribution < -0.4 is 0 Å². The van der Waals surface area contributed by atoms with Crippen LogP contribution in [0.15, 0.2) is 42.5 Å². The summed E-state index contributed by atoms with van der Waals surface area (Å²) in [4.78, 5) is 12.7. The Labute approximate surface area is 123 Å². The van der Waals surface area contributed by atoms with Crippen molar-refractivity contribution in [2.45, 2.75) is 25.7 Å². The number of aryl methyl sites for hydroxylation is 2. The molecule has 0 heterocycles. The third-order valence-electron chi connectivity index (χ3n) is 5.09. The molecule has 0 spiro atoms. The number of hydrogen-bond donors (Lipinski definition) is 0. The Morgan fingerprint density at radius 3 is 2.81 bits per heavy atom. The normalized spacial score (nSPS) is 25.9. The van der Waals surface area contributed by atoms with E-state index in [0.29, 0.717) is 23.0 Å². The summed E-state index contributed by atoms with van der Waals surface area (Å²) in [6, 6.07) is 13.3. The van der Waals surface area contributed by atoms with Crippen molar-refractivity contribution in [3.8, 4) is 0 Å². The first-order valence-electron chi connectivity index (χ1n) is 7.55. The SMILES string of the molecule is Cc1ccc(C(=O)C2C3CCc4ccccc4C32)cc1F. The third kappa shape index (κ3) is 1.93. The molecule has 1 saturated carbocycles. The Hall–Kier alpha value is -1.96. The van der Waals surface area contributed by atoms with Crippen LogP contribution in [0.4, 0.5) is 4.39 Å². The Morgan fingerprint density at radius 2 is 2.00 bits per heavy atom. The van der Waals surface area contributed by atoms with Crippen LogP contribution in [0.2, 0.25) is 0 Å². The van der Waals surface area contributed by atoms with Crippen LogP contribution in [-0.4, -0.2) is 5.78 Å². The van der Waals surface area contributed by atoms with Crippen LogP contribution in [0.3, 0.4) is 0 Å². The van der Waals surface area contributed by atoms with Crippen LogP contribution in [0.25, 0.3) is 0 Å². The molecule has 0 N–H and O–H groups in total. The summed E-state index contributed by atoms with van der Waals surface area (Å²) in [5.41, 5.74) is 3.82. The molecule has 0 aromatic heterocycles. The summed E-state index contributed by atoms with van der Waals surface area (Å²) >= 11 is 0. The summed E-state index contributed by atoms with van der Waals surface area (Å²) < 4.78 is 13.7. The fourth-order valence-corrected chi connectivity index (χ4v) is 3.86. The van der Waals surface area contributed by atoms with Crippen molar-refractivity contribution in [2.75, 3.05) is 0 Å². The predicted octanol–water partition coefficient (Wildman–Crippen LogP) is 4.29. The average molecular weight is 280 g/mol. The predicted molar refractivity (Wildman–Crippen MR) is 80.0 cm³/mol. The van der Waals surface area contributed by atoms with Gasteiger partial charge in [0.05, 0.1) is 0 Å². The minimum absolute atomic E-state index is 0.0516. The van der Waals surface area contributed by atoms with Crippen molar-refractivity contribution in [1.82, 2.24) is 0 Å². The highest BCUT2D eigenvalue weighted by Crippen LogP contribution is 2.60. The second-order valence-corrected chi connectivity index (χ2v) is 6.28. The molecule has 2 aliphatic carbocycles. The lowest BCUT2D eigenvalue weighted by molar-refractivity contribution is 0.0958. The number of halogens is 1. The van der Waals surface area contributed by atoms with Gasteiger partial charge in [0, 0.05) is 11.5 Å². The Balaban J connectivity index is 1.65. The summed E-state index contributed by atoms with van der Waals surface area (Å²) in [5.74, 6) is 0.685. The van der Waals surface area contributed by atoms with E-state index in [9.17, 15) is 9.18 Å². The zero-order valence-electron chi connectivity index (χ0n) is 12.0. The van der Waals surface area contributed by atoms with E-state index in [-0.39, 0.29) is 17.5 Å². The number of rotatable bonds is 2. The lowest BCUT2D eigenvalue weighted by atomic mass is 9.92. The average Bonchev–Trinajstić information content (AvgIpc) is 3.24. The van der Waals surface area contributed by atoms with Gasteiger partial charge in [-0.25, -0.2) is 4.39 Å². The molecule has 21 heavy (non-hydrogen) atoms. The highest BCUT2D eigenvalue weighted by molar-refractivity contribution is 6.01.